The fourth-order valence-corrected chi connectivity index (χ4v) is 2.58. The molecule has 104 valence electrons. The van der Waals surface area contributed by atoms with Gasteiger partial charge >= 0.3 is 0 Å². The fraction of sp³-hybridized carbons (Fsp3) is 0.357. The van der Waals surface area contributed by atoms with Crippen LogP contribution in [-0.4, -0.2) is 48.3 Å². The average Bonchev–Trinajstić information content (AvgIpc) is 3.03. The Morgan fingerprint density at radius 2 is 1.90 bits per heavy atom. The van der Waals surface area contributed by atoms with Crippen LogP contribution in [-0.2, 0) is 4.79 Å². The average molecular weight is 273 g/mol. The van der Waals surface area contributed by atoms with Gasteiger partial charge in [-0.2, -0.15) is 0 Å². The summed E-state index contributed by atoms with van der Waals surface area (Å²) in [5.41, 5.74) is 0.737. The predicted molar refractivity (Wildman–Crippen MR) is 71.2 cm³/mol. The number of nitrogens with one attached hydrogen (secondary N) is 2. The van der Waals surface area contributed by atoms with Crippen molar-refractivity contribution >= 4 is 17.7 Å². The summed E-state index contributed by atoms with van der Waals surface area (Å²) < 4.78 is 0. The third-order valence-corrected chi connectivity index (χ3v) is 3.61. The lowest BCUT2D eigenvalue weighted by atomic mass is 10.1. The molecule has 3 amide bonds. The molecule has 6 nitrogen and oxygen atoms in total. The number of amides is 3. The van der Waals surface area contributed by atoms with Gasteiger partial charge in [-0.25, -0.2) is 0 Å². The Morgan fingerprint density at radius 3 is 2.45 bits per heavy atom. The van der Waals surface area contributed by atoms with E-state index < -0.39 is 11.8 Å². The van der Waals surface area contributed by atoms with Crippen molar-refractivity contribution in [2.45, 2.75) is 12.5 Å². The van der Waals surface area contributed by atoms with Crippen LogP contribution in [0.4, 0.5) is 0 Å². The first-order chi connectivity index (χ1) is 9.66. The third-order valence-electron chi connectivity index (χ3n) is 3.61. The normalized spacial score (nSPS) is 21.2. The Labute approximate surface area is 116 Å². The van der Waals surface area contributed by atoms with Crippen molar-refractivity contribution in [3.63, 3.8) is 0 Å². The highest BCUT2D eigenvalue weighted by Gasteiger charge is 2.36. The SMILES string of the molecule is O=C(CN1C(=O)c2ccccc2C1=O)NC1CCNC1. The first-order valence-corrected chi connectivity index (χ1v) is 6.62. The number of fused-ring (bicyclic) bond motifs is 1. The summed E-state index contributed by atoms with van der Waals surface area (Å²) in [5.74, 6) is -1.09. The molecule has 3 rings (SSSR count). The van der Waals surface area contributed by atoms with Crippen LogP contribution in [0.25, 0.3) is 0 Å². The van der Waals surface area contributed by atoms with Crippen LogP contribution in [0.1, 0.15) is 27.1 Å². The molecule has 1 saturated heterocycles. The van der Waals surface area contributed by atoms with E-state index in [1.54, 1.807) is 24.3 Å². The zero-order valence-corrected chi connectivity index (χ0v) is 10.9. The highest BCUT2D eigenvalue weighted by molar-refractivity contribution is 6.22. The van der Waals surface area contributed by atoms with Crippen molar-refractivity contribution < 1.29 is 14.4 Å². The van der Waals surface area contributed by atoms with Crippen LogP contribution < -0.4 is 10.6 Å². The number of carbonyl (C=O) groups is 3. The van der Waals surface area contributed by atoms with E-state index in [2.05, 4.69) is 10.6 Å². The molecule has 1 atom stereocenters. The smallest absolute Gasteiger partial charge is 0.262 e. The maximum absolute atomic E-state index is 12.1. The summed E-state index contributed by atoms with van der Waals surface area (Å²) >= 11 is 0. The second-order valence-electron chi connectivity index (χ2n) is 5.00. The van der Waals surface area contributed by atoms with Gasteiger partial charge in [-0.05, 0) is 25.1 Å². The van der Waals surface area contributed by atoms with E-state index in [9.17, 15) is 14.4 Å². The summed E-state index contributed by atoms with van der Waals surface area (Å²) in [5, 5.41) is 5.97. The molecule has 2 N–H and O–H groups in total. The van der Waals surface area contributed by atoms with Gasteiger partial charge in [0.1, 0.15) is 6.54 Å². The Bertz CT molecular complexity index is 544. The summed E-state index contributed by atoms with van der Waals surface area (Å²) in [6, 6.07) is 6.70. The van der Waals surface area contributed by atoms with E-state index in [1.165, 1.54) is 0 Å². The molecule has 1 unspecified atom stereocenters. The van der Waals surface area contributed by atoms with Gasteiger partial charge in [-0.1, -0.05) is 12.1 Å². The van der Waals surface area contributed by atoms with Gasteiger partial charge in [0, 0.05) is 12.6 Å². The molecule has 0 aliphatic carbocycles. The molecule has 2 heterocycles. The number of nitrogens with zero attached hydrogens (tertiary/aromatic N) is 1. The van der Waals surface area contributed by atoms with E-state index in [-0.39, 0.29) is 18.5 Å². The summed E-state index contributed by atoms with van der Waals surface area (Å²) in [6.45, 7) is 1.38. The lowest BCUT2D eigenvalue weighted by Crippen LogP contribution is -2.44. The standard InChI is InChI=1S/C14H15N3O3/c18-12(16-9-5-6-15-7-9)8-17-13(19)10-3-1-2-4-11(10)14(17)20/h1-4,9,15H,5-8H2,(H,16,18). The topological polar surface area (TPSA) is 78.5 Å². The molecule has 0 radical (unpaired) electrons. The number of carbonyl (C=O) groups excluding carboxylic acids is 3. The quantitative estimate of drug-likeness (QED) is 0.745. The van der Waals surface area contributed by atoms with Crippen LogP contribution in [0, 0.1) is 0 Å². The van der Waals surface area contributed by atoms with Gasteiger partial charge in [0.25, 0.3) is 11.8 Å². The second-order valence-corrected chi connectivity index (χ2v) is 5.00. The molecule has 0 bridgehead atoms. The fourth-order valence-electron chi connectivity index (χ4n) is 2.58. The van der Waals surface area contributed by atoms with Crippen LogP contribution >= 0.6 is 0 Å². The highest BCUT2D eigenvalue weighted by atomic mass is 16.2. The van der Waals surface area contributed by atoms with E-state index in [0.717, 1.165) is 24.4 Å². The van der Waals surface area contributed by atoms with Gasteiger partial charge in [0.05, 0.1) is 11.1 Å². The van der Waals surface area contributed by atoms with E-state index in [1.807, 2.05) is 0 Å². The highest BCUT2D eigenvalue weighted by Crippen LogP contribution is 2.21. The maximum Gasteiger partial charge on any atom is 0.262 e. The van der Waals surface area contributed by atoms with Crippen molar-refractivity contribution in [2.24, 2.45) is 0 Å². The second kappa shape index (κ2) is 5.05. The molecule has 2 aliphatic heterocycles. The Morgan fingerprint density at radius 1 is 1.25 bits per heavy atom. The van der Waals surface area contributed by atoms with Gasteiger partial charge in [0.15, 0.2) is 0 Å². The van der Waals surface area contributed by atoms with Crippen LogP contribution in [0.3, 0.4) is 0 Å². The van der Waals surface area contributed by atoms with E-state index >= 15 is 0 Å². The summed E-state index contributed by atoms with van der Waals surface area (Å²) in [7, 11) is 0. The number of hydrogen-bond donors (Lipinski definition) is 2. The number of benzene rings is 1. The molecule has 1 fully saturated rings. The van der Waals surface area contributed by atoms with Crippen molar-refractivity contribution in [3.8, 4) is 0 Å². The molecule has 6 heteroatoms. The van der Waals surface area contributed by atoms with Crippen LogP contribution in [0.5, 0.6) is 0 Å². The lowest BCUT2D eigenvalue weighted by molar-refractivity contribution is -0.122. The van der Waals surface area contributed by atoms with Crippen molar-refractivity contribution in [2.75, 3.05) is 19.6 Å². The van der Waals surface area contributed by atoms with Crippen molar-refractivity contribution in [1.82, 2.24) is 15.5 Å². The third kappa shape index (κ3) is 2.18. The van der Waals surface area contributed by atoms with Gasteiger partial charge in [-0.3, -0.25) is 19.3 Å². The predicted octanol–water partition coefficient (Wildman–Crippen LogP) is -0.239. The van der Waals surface area contributed by atoms with Crippen molar-refractivity contribution in [3.05, 3.63) is 35.4 Å². The molecule has 2 aliphatic rings. The Hall–Kier alpha value is -2.21. The zero-order chi connectivity index (χ0) is 14.1. The van der Waals surface area contributed by atoms with Crippen LogP contribution in [0.15, 0.2) is 24.3 Å². The van der Waals surface area contributed by atoms with Gasteiger partial charge in [0.2, 0.25) is 5.91 Å². The molecule has 20 heavy (non-hydrogen) atoms. The molecule has 0 saturated carbocycles. The minimum atomic E-state index is -0.398. The molecular formula is C14H15N3O3. The first-order valence-electron chi connectivity index (χ1n) is 6.62. The first kappa shape index (κ1) is 12.8. The molecule has 1 aromatic rings. The lowest BCUT2D eigenvalue weighted by Gasteiger charge is -2.16. The van der Waals surface area contributed by atoms with E-state index in [4.69, 9.17) is 0 Å². The Kier molecular flexibility index (Phi) is 3.23. The molecular weight excluding hydrogens is 258 g/mol. The van der Waals surface area contributed by atoms with E-state index in [0.29, 0.717) is 11.1 Å². The largest absolute Gasteiger partial charge is 0.350 e. The van der Waals surface area contributed by atoms with Gasteiger partial charge in [-0.15, -0.1) is 0 Å². The monoisotopic (exact) mass is 273 g/mol. The number of rotatable bonds is 3. The minimum Gasteiger partial charge on any atom is -0.350 e. The summed E-state index contributed by atoms with van der Waals surface area (Å²) in [4.78, 5) is 37.1. The minimum absolute atomic E-state index is 0.0812. The Balaban J connectivity index is 1.68. The molecule has 0 aromatic heterocycles. The van der Waals surface area contributed by atoms with Crippen molar-refractivity contribution in [1.29, 1.82) is 0 Å². The van der Waals surface area contributed by atoms with Gasteiger partial charge < -0.3 is 10.6 Å². The zero-order valence-electron chi connectivity index (χ0n) is 10.9. The summed E-state index contributed by atoms with van der Waals surface area (Å²) in [6.07, 6.45) is 0.869. The maximum atomic E-state index is 12.1. The number of imide groups is 1. The molecule has 0 spiro atoms. The van der Waals surface area contributed by atoms with Crippen LogP contribution in [0.2, 0.25) is 0 Å². The number of hydrogen-bond acceptors (Lipinski definition) is 4. The molecule has 1 aromatic carbocycles.